The lowest BCUT2D eigenvalue weighted by Crippen LogP contribution is -2.22. The van der Waals surface area contributed by atoms with Gasteiger partial charge in [0.1, 0.15) is 6.73 Å². The molecule has 0 radical (unpaired) electrons. The molecule has 0 fully saturated rings. The number of benzene rings is 1. The van der Waals surface area contributed by atoms with E-state index in [1.54, 1.807) is 12.3 Å². The van der Waals surface area contributed by atoms with E-state index in [0.29, 0.717) is 18.6 Å². The average molecular weight is 420 g/mol. The van der Waals surface area contributed by atoms with Gasteiger partial charge in [0.15, 0.2) is 0 Å². The Morgan fingerprint density at radius 3 is 2.64 bits per heavy atom. The van der Waals surface area contributed by atoms with Gasteiger partial charge >= 0.3 is 6.01 Å². The van der Waals surface area contributed by atoms with Crippen LogP contribution in [-0.2, 0) is 11.5 Å². The predicted octanol–water partition coefficient (Wildman–Crippen LogP) is 5.30. The van der Waals surface area contributed by atoms with Crippen LogP contribution in [-0.4, -0.2) is 29.2 Å². The van der Waals surface area contributed by atoms with Gasteiger partial charge in [0.25, 0.3) is 0 Å². The van der Waals surface area contributed by atoms with Crippen molar-refractivity contribution in [3.8, 4) is 11.9 Å². The summed E-state index contributed by atoms with van der Waals surface area (Å²) in [7, 11) is -1.11. The van der Waals surface area contributed by atoms with Gasteiger partial charge in [0.2, 0.25) is 5.88 Å². The fraction of sp³-hybridized carbons (Fsp3) is 0.333. The van der Waals surface area contributed by atoms with E-state index in [9.17, 15) is 0 Å². The van der Waals surface area contributed by atoms with Crippen molar-refractivity contribution in [3.63, 3.8) is 0 Å². The standard InChI is InChI=1S/C18H22BrN3O2Si/c1-25(2,3)11-10-23-13-22-16-7-5-4-6-15(16)21-18(22)24-17-9-8-14(19)12-20-17/h4-9,12H,10-11,13H2,1-3H3. The number of imidazole rings is 1. The number of para-hydroxylation sites is 2. The molecule has 132 valence electrons. The first-order chi connectivity index (χ1) is 11.9. The van der Waals surface area contributed by atoms with Gasteiger partial charge < -0.3 is 9.47 Å². The third-order valence-corrected chi connectivity index (χ3v) is 5.91. The minimum absolute atomic E-state index is 0.414. The molecule has 0 bridgehead atoms. The van der Waals surface area contributed by atoms with Gasteiger partial charge in [-0.3, -0.25) is 4.57 Å². The highest BCUT2D eigenvalue weighted by Crippen LogP contribution is 2.25. The summed E-state index contributed by atoms with van der Waals surface area (Å²) >= 11 is 3.38. The Labute approximate surface area is 157 Å². The van der Waals surface area contributed by atoms with Gasteiger partial charge in [-0.1, -0.05) is 31.8 Å². The molecule has 25 heavy (non-hydrogen) atoms. The van der Waals surface area contributed by atoms with Crippen LogP contribution in [0.4, 0.5) is 0 Å². The summed E-state index contributed by atoms with van der Waals surface area (Å²) in [4.78, 5) is 8.83. The van der Waals surface area contributed by atoms with Crippen molar-refractivity contribution in [1.29, 1.82) is 0 Å². The number of halogens is 1. The fourth-order valence-electron chi connectivity index (χ4n) is 2.31. The van der Waals surface area contributed by atoms with E-state index < -0.39 is 8.07 Å². The van der Waals surface area contributed by atoms with Crippen molar-refractivity contribution in [1.82, 2.24) is 14.5 Å². The molecule has 2 heterocycles. The van der Waals surface area contributed by atoms with Gasteiger partial charge in [0.05, 0.1) is 11.0 Å². The lowest BCUT2D eigenvalue weighted by Gasteiger charge is -2.16. The van der Waals surface area contributed by atoms with Crippen molar-refractivity contribution >= 4 is 35.0 Å². The Morgan fingerprint density at radius 2 is 1.92 bits per heavy atom. The zero-order chi connectivity index (χ0) is 17.9. The molecule has 5 nitrogen and oxygen atoms in total. The summed E-state index contributed by atoms with van der Waals surface area (Å²) in [6.45, 7) is 8.19. The van der Waals surface area contributed by atoms with Crippen LogP contribution >= 0.6 is 15.9 Å². The molecule has 0 aliphatic rings. The number of pyridine rings is 1. The zero-order valence-electron chi connectivity index (χ0n) is 14.7. The van der Waals surface area contributed by atoms with E-state index >= 15 is 0 Å². The van der Waals surface area contributed by atoms with E-state index in [1.165, 1.54) is 0 Å². The molecule has 0 spiro atoms. The zero-order valence-corrected chi connectivity index (χ0v) is 17.3. The lowest BCUT2D eigenvalue weighted by molar-refractivity contribution is 0.0848. The second-order valence-electron chi connectivity index (χ2n) is 7.08. The number of aromatic nitrogens is 3. The summed E-state index contributed by atoms with van der Waals surface area (Å²) in [6.07, 6.45) is 1.70. The minimum Gasteiger partial charge on any atom is -0.406 e. The van der Waals surface area contributed by atoms with Crippen molar-refractivity contribution < 1.29 is 9.47 Å². The lowest BCUT2D eigenvalue weighted by atomic mass is 10.3. The average Bonchev–Trinajstić information content (AvgIpc) is 2.90. The van der Waals surface area contributed by atoms with Crippen LogP contribution < -0.4 is 4.74 Å². The van der Waals surface area contributed by atoms with E-state index in [1.807, 2.05) is 34.9 Å². The molecule has 3 aromatic rings. The number of hydrogen-bond acceptors (Lipinski definition) is 4. The largest absolute Gasteiger partial charge is 0.406 e. The highest BCUT2D eigenvalue weighted by molar-refractivity contribution is 9.10. The first kappa shape index (κ1) is 18.1. The Bertz CT molecular complexity index is 844. The van der Waals surface area contributed by atoms with Crippen LogP contribution in [0, 0.1) is 0 Å². The second-order valence-corrected chi connectivity index (χ2v) is 13.6. The monoisotopic (exact) mass is 419 g/mol. The molecule has 0 aliphatic heterocycles. The van der Waals surface area contributed by atoms with Crippen molar-refractivity contribution in [2.45, 2.75) is 32.4 Å². The van der Waals surface area contributed by atoms with Gasteiger partial charge in [-0.05, 0) is 40.2 Å². The molecule has 0 atom stereocenters. The third-order valence-electron chi connectivity index (χ3n) is 3.73. The molecule has 0 saturated carbocycles. The van der Waals surface area contributed by atoms with Gasteiger partial charge in [-0.2, -0.15) is 4.98 Å². The number of ether oxygens (including phenoxy) is 2. The Balaban J connectivity index is 1.80. The third kappa shape index (κ3) is 4.90. The van der Waals surface area contributed by atoms with Crippen LogP contribution in [0.2, 0.25) is 25.7 Å². The number of rotatable bonds is 7. The first-order valence-electron chi connectivity index (χ1n) is 8.25. The van der Waals surface area contributed by atoms with Crippen molar-refractivity contribution in [2.24, 2.45) is 0 Å². The van der Waals surface area contributed by atoms with E-state index in [4.69, 9.17) is 9.47 Å². The number of fused-ring (bicyclic) bond motifs is 1. The molecule has 1 aromatic carbocycles. The smallest absolute Gasteiger partial charge is 0.306 e. The second kappa shape index (κ2) is 7.68. The summed E-state index contributed by atoms with van der Waals surface area (Å²) in [5.41, 5.74) is 1.87. The highest BCUT2D eigenvalue weighted by atomic mass is 79.9. The first-order valence-corrected chi connectivity index (χ1v) is 12.7. The summed E-state index contributed by atoms with van der Waals surface area (Å²) in [5, 5.41) is 0. The maximum atomic E-state index is 5.91. The molecule has 0 unspecified atom stereocenters. The van der Waals surface area contributed by atoms with E-state index in [-0.39, 0.29) is 0 Å². The van der Waals surface area contributed by atoms with Crippen LogP contribution in [0.15, 0.2) is 47.1 Å². The van der Waals surface area contributed by atoms with Gasteiger partial charge in [-0.25, -0.2) is 4.98 Å². The normalized spacial score (nSPS) is 11.8. The molecule has 0 amide bonds. The SMILES string of the molecule is C[Si](C)(C)CCOCn1c(Oc2ccc(Br)cn2)nc2ccccc21. The summed E-state index contributed by atoms with van der Waals surface area (Å²) in [6, 6.07) is 13.3. The van der Waals surface area contributed by atoms with Gasteiger partial charge in [-0.15, -0.1) is 0 Å². The number of hydrogen-bond donors (Lipinski definition) is 0. The van der Waals surface area contributed by atoms with Crippen molar-refractivity contribution in [3.05, 3.63) is 47.1 Å². The molecule has 2 aromatic heterocycles. The molecular weight excluding hydrogens is 398 g/mol. The Morgan fingerprint density at radius 1 is 1.12 bits per heavy atom. The Kier molecular flexibility index (Phi) is 5.56. The molecular formula is C18H22BrN3O2Si. The van der Waals surface area contributed by atoms with Gasteiger partial charge in [0, 0.05) is 31.4 Å². The maximum Gasteiger partial charge on any atom is 0.306 e. The van der Waals surface area contributed by atoms with Crippen LogP contribution in [0.25, 0.3) is 11.0 Å². The molecule has 7 heteroatoms. The fourth-order valence-corrected chi connectivity index (χ4v) is 3.30. The van der Waals surface area contributed by atoms with Crippen molar-refractivity contribution in [2.75, 3.05) is 6.61 Å². The van der Waals surface area contributed by atoms with Crippen LogP contribution in [0.1, 0.15) is 0 Å². The minimum atomic E-state index is -1.11. The van der Waals surface area contributed by atoms with E-state index in [0.717, 1.165) is 28.2 Å². The number of nitrogens with zero attached hydrogens (tertiary/aromatic N) is 3. The van der Waals surface area contributed by atoms with E-state index in [2.05, 4.69) is 45.5 Å². The molecule has 0 N–H and O–H groups in total. The maximum absolute atomic E-state index is 5.91. The topological polar surface area (TPSA) is 49.2 Å². The predicted molar refractivity (Wildman–Crippen MR) is 106 cm³/mol. The summed E-state index contributed by atoms with van der Waals surface area (Å²) in [5.74, 6) is 0.502. The molecule has 3 rings (SSSR count). The molecule has 0 saturated heterocycles. The Hall–Kier alpha value is -1.70. The highest BCUT2D eigenvalue weighted by Gasteiger charge is 2.15. The summed E-state index contributed by atoms with van der Waals surface area (Å²) < 4.78 is 14.7. The van der Waals surface area contributed by atoms with Crippen LogP contribution in [0.5, 0.6) is 11.9 Å². The van der Waals surface area contributed by atoms with Crippen LogP contribution in [0.3, 0.4) is 0 Å². The quantitative estimate of drug-likeness (QED) is 0.385. The molecule has 0 aliphatic carbocycles.